The molecule has 0 spiro atoms. The number of hydrogen-bond donors (Lipinski definition) is 2. The molecule has 0 amide bonds. The Hall–Kier alpha value is -1.96. The van der Waals surface area contributed by atoms with Crippen molar-refractivity contribution >= 4 is 5.69 Å². The third-order valence-electron chi connectivity index (χ3n) is 3.58. The second-order valence-corrected chi connectivity index (χ2v) is 5.21. The van der Waals surface area contributed by atoms with Gasteiger partial charge in [-0.2, -0.15) is 0 Å². The molecule has 0 aromatic heterocycles. The van der Waals surface area contributed by atoms with Gasteiger partial charge in [0.15, 0.2) is 0 Å². The molecule has 0 fully saturated rings. The summed E-state index contributed by atoms with van der Waals surface area (Å²) in [5, 5.41) is 12.9. The molecule has 19 heavy (non-hydrogen) atoms. The Balaban J connectivity index is 2.25. The fourth-order valence-electron chi connectivity index (χ4n) is 2.37. The number of phenolic OH excluding ortho intramolecular Hbond substituents is 1. The van der Waals surface area contributed by atoms with E-state index in [4.69, 9.17) is 0 Å². The van der Waals surface area contributed by atoms with E-state index in [-0.39, 0.29) is 11.8 Å². The molecular weight excluding hydrogens is 234 g/mol. The van der Waals surface area contributed by atoms with Crippen molar-refractivity contribution in [1.82, 2.24) is 0 Å². The minimum Gasteiger partial charge on any atom is -0.508 e. The molecule has 0 saturated heterocycles. The lowest BCUT2D eigenvalue weighted by atomic mass is 9.96. The molecule has 2 heteroatoms. The van der Waals surface area contributed by atoms with Crippen molar-refractivity contribution < 1.29 is 5.11 Å². The van der Waals surface area contributed by atoms with Gasteiger partial charge in [-0.15, -0.1) is 0 Å². The fourth-order valence-corrected chi connectivity index (χ4v) is 2.37. The van der Waals surface area contributed by atoms with Gasteiger partial charge in [-0.05, 0) is 62.1 Å². The van der Waals surface area contributed by atoms with Crippen LogP contribution in [0.25, 0.3) is 0 Å². The molecule has 0 aliphatic carbocycles. The van der Waals surface area contributed by atoms with Gasteiger partial charge in [0, 0.05) is 17.8 Å². The molecule has 2 aromatic carbocycles. The van der Waals surface area contributed by atoms with Gasteiger partial charge in [-0.3, -0.25) is 0 Å². The van der Waals surface area contributed by atoms with Crippen LogP contribution in [-0.4, -0.2) is 5.11 Å². The van der Waals surface area contributed by atoms with Crippen molar-refractivity contribution in [3.63, 3.8) is 0 Å². The summed E-state index contributed by atoms with van der Waals surface area (Å²) in [6.07, 6.45) is 0. The molecule has 1 atom stereocenters. The Kier molecular flexibility index (Phi) is 3.79. The predicted molar refractivity (Wildman–Crippen MR) is 80.8 cm³/mol. The van der Waals surface area contributed by atoms with Crippen molar-refractivity contribution in [2.24, 2.45) is 0 Å². The second-order valence-electron chi connectivity index (χ2n) is 5.21. The van der Waals surface area contributed by atoms with E-state index < -0.39 is 0 Å². The predicted octanol–water partition coefficient (Wildman–Crippen LogP) is 4.49. The smallest absolute Gasteiger partial charge is 0.117 e. The molecule has 2 N–H and O–H groups in total. The molecule has 2 rings (SSSR count). The fraction of sp³-hybridized carbons (Fsp3) is 0.294. The molecule has 0 bridgehead atoms. The van der Waals surface area contributed by atoms with Gasteiger partial charge in [0.1, 0.15) is 5.75 Å². The quantitative estimate of drug-likeness (QED) is 0.847. The Morgan fingerprint density at radius 3 is 2.32 bits per heavy atom. The average molecular weight is 255 g/mol. The van der Waals surface area contributed by atoms with Gasteiger partial charge < -0.3 is 10.4 Å². The lowest BCUT2D eigenvalue weighted by Crippen LogP contribution is -2.08. The molecule has 2 nitrogen and oxygen atoms in total. The number of hydrogen-bond acceptors (Lipinski definition) is 2. The van der Waals surface area contributed by atoms with Crippen LogP contribution in [0.5, 0.6) is 5.75 Å². The van der Waals surface area contributed by atoms with E-state index in [2.05, 4.69) is 45.1 Å². The summed E-state index contributed by atoms with van der Waals surface area (Å²) in [4.78, 5) is 0. The third-order valence-corrected chi connectivity index (χ3v) is 3.58. The second kappa shape index (κ2) is 5.35. The van der Waals surface area contributed by atoms with Crippen molar-refractivity contribution in [3.05, 3.63) is 58.7 Å². The van der Waals surface area contributed by atoms with Gasteiger partial charge >= 0.3 is 0 Å². The largest absolute Gasteiger partial charge is 0.508 e. The van der Waals surface area contributed by atoms with Gasteiger partial charge in [-0.1, -0.05) is 18.2 Å². The van der Waals surface area contributed by atoms with Crippen molar-refractivity contribution in [2.45, 2.75) is 33.7 Å². The zero-order valence-electron chi connectivity index (χ0n) is 12.0. The Bertz CT molecular complexity index is 590. The monoisotopic (exact) mass is 255 g/mol. The lowest BCUT2D eigenvalue weighted by Gasteiger charge is -2.19. The van der Waals surface area contributed by atoms with E-state index in [1.807, 2.05) is 12.1 Å². The normalized spacial score (nSPS) is 12.2. The number of nitrogens with one attached hydrogen (secondary N) is 1. The maximum Gasteiger partial charge on any atom is 0.117 e. The highest BCUT2D eigenvalue weighted by molar-refractivity contribution is 5.50. The summed E-state index contributed by atoms with van der Waals surface area (Å²) < 4.78 is 0. The van der Waals surface area contributed by atoms with Crippen LogP contribution in [0, 0.1) is 20.8 Å². The molecular formula is C17H21NO. The van der Waals surface area contributed by atoms with Gasteiger partial charge in [0.05, 0.1) is 0 Å². The van der Waals surface area contributed by atoms with Crippen LogP contribution in [0.4, 0.5) is 5.69 Å². The maximum atomic E-state index is 9.49. The van der Waals surface area contributed by atoms with Gasteiger partial charge in [0.2, 0.25) is 0 Å². The first-order chi connectivity index (χ1) is 8.97. The van der Waals surface area contributed by atoms with Crippen LogP contribution in [0.15, 0.2) is 36.4 Å². The zero-order chi connectivity index (χ0) is 14.0. The van der Waals surface area contributed by atoms with Gasteiger partial charge in [0.25, 0.3) is 0 Å². The van der Waals surface area contributed by atoms with E-state index in [0.717, 1.165) is 5.69 Å². The molecule has 1 unspecified atom stereocenters. The Morgan fingerprint density at radius 1 is 0.947 bits per heavy atom. The van der Waals surface area contributed by atoms with Crippen LogP contribution in [0.1, 0.15) is 35.2 Å². The van der Waals surface area contributed by atoms with E-state index in [0.29, 0.717) is 0 Å². The average Bonchev–Trinajstić information content (AvgIpc) is 2.33. The minimum absolute atomic E-state index is 0.209. The third kappa shape index (κ3) is 3.08. The number of aromatic hydroxyl groups is 1. The number of aryl methyl sites for hydroxylation is 3. The first-order valence-corrected chi connectivity index (χ1v) is 6.60. The Labute approximate surface area is 115 Å². The number of phenols is 1. The van der Waals surface area contributed by atoms with Crippen molar-refractivity contribution in [3.8, 4) is 5.75 Å². The molecule has 0 aliphatic heterocycles. The number of rotatable bonds is 3. The van der Waals surface area contributed by atoms with Crippen LogP contribution in [0.2, 0.25) is 0 Å². The minimum atomic E-state index is 0.209. The molecule has 0 radical (unpaired) electrons. The van der Waals surface area contributed by atoms with E-state index in [1.54, 1.807) is 12.1 Å². The molecule has 0 saturated carbocycles. The summed E-state index contributed by atoms with van der Waals surface area (Å²) >= 11 is 0. The molecule has 0 aliphatic rings. The van der Waals surface area contributed by atoms with Gasteiger partial charge in [-0.25, -0.2) is 0 Å². The maximum absolute atomic E-state index is 9.49. The standard InChI is InChI=1S/C17H21NO/c1-11-8-13(3)17(9-12(11)2)14(4)18-15-6-5-7-16(19)10-15/h5-10,14,18-19H,1-4H3. The topological polar surface area (TPSA) is 32.3 Å². The Morgan fingerprint density at radius 2 is 1.63 bits per heavy atom. The highest BCUT2D eigenvalue weighted by Crippen LogP contribution is 2.26. The van der Waals surface area contributed by atoms with Crippen LogP contribution in [-0.2, 0) is 0 Å². The summed E-state index contributed by atoms with van der Waals surface area (Å²) in [7, 11) is 0. The van der Waals surface area contributed by atoms with Crippen molar-refractivity contribution in [1.29, 1.82) is 0 Å². The van der Waals surface area contributed by atoms with E-state index in [1.165, 1.54) is 22.3 Å². The number of benzene rings is 2. The molecule has 2 aromatic rings. The SMILES string of the molecule is Cc1cc(C)c(C(C)Nc2cccc(O)c2)cc1C. The lowest BCUT2D eigenvalue weighted by molar-refractivity contribution is 0.475. The van der Waals surface area contributed by atoms with Crippen LogP contribution >= 0.6 is 0 Å². The summed E-state index contributed by atoms with van der Waals surface area (Å²) in [5.74, 6) is 0.286. The highest BCUT2D eigenvalue weighted by Gasteiger charge is 2.10. The van der Waals surface area contributed by atoms with E-state index in [9.17, 15) is 5.11 Å². The van der Waals surface area contributed by atoms with Crippen LogP contribution in [0.3, 0.4) is 0 Å². The molecule has 0 heterocycles. The van der Waals surface area contributed by atoms with Crippen LogP contribution < -0.4 is 5.32 Å². The first kappa shape index (κ1) is 13.5. The molecule has 100 valence electrons. The first-order valence-electron chi connectivity index (χ1n) is 6.60. The highest BCUT2D eigenvalue weighted by atomic mass is 16.3. The van der Waals surface area contributed by atoms with E-state index >= 15 is 0 Å². The van der Waals surface area contributed by atoms with Crippen molar-refractivity contribution in [2.75, 3.05) is 5.32 Å². The summed E-state index contributed by atoms with van der Waals surface area (Å²) in [6, 6.07) is 11.9. The summed E-state index contributed by atoms with van der Waals surface area (Å²) in [5.41, 5.74) is 6.16. The zero-order valence-corrected chi connectivity index (χ0v) is 12.0. The number of anilines is 1. The summed E-state index contributed by atoms with van der Waals surface area (Å²) in [6.45, 7) is 8.56.